The monoisotopic (exact) mass is 184 g/mol. The molecule has 0 bridgehead atoms. The van der Waals surface area contributed by atoms with Crippen molar-refractivity contribution >= 4 is 23.0 Å². The second-order valence-electron chi connectivity index (χ2n) is 2.77. The lowest BCUT2D eigenvalue weighted by Gasteiger charge is -2.09. The van der Waals surface area contributed by atoms with E-state index < -0.39 is 0 Å². The van der Waals surface area contributed by atoms with Crippen LogP contribution in [0.1, 0.15) is 33.6 Å². The van der Waals surface area contributed by atoms with Gasteiger partial charge in [0.25, 0.3) is 0 Å². The predicted molar refractivity (Wildman–Crippen MR) is 57.4 cm³/mol. The molecule has 0 N–H and O–H groups in total. The molecule has 0 aromatic heterocycles. The Balaban J connectivity index is 2.60. The molecule has 1 rings (SSSR count). The van der Waals surface area contributed by atoms with E-state index in [0.717, 1.165) is 12.8 Å². The van der Waals surface area contributed by atoms with Gasteiger partial charge in [-0.3, -0.25) is 9.98 Å². The first-order valence-electron chi connectivity index (χ1n) is 4.52. The summed E-state index contributed by atoms with van der Waals surface area (Å²) in [4.78, 5) is 8.99. The normalized spacial score (nSPS) is 29.8. The summed E-state index contributed by atoms with van der Waals surface area (Å²) in [6.07, 6.45) is 4.03. The Bertz CT molecular complexity index is 199. The van der Waals surface area contributed by atoms with Crippen molar-refractivity contribution in [2.45, 2.75) is 45.0 Å². The average molecular weight is 184 g/mol. The third-order valence-electron chi connectivity index (χ3n) is 1.91. The van der Waals surface area contributed by atoms with Crippen molar-refractivity contribution in [1.29, 1.82) is 0 Å². The molecule has 12 heavy (non-hydrogen) atoms. The minimum absolute atomic E-state index is 0.356. The van der Waals surface area contributed by atoms with Crippen LogP contribution in [-0.4, -0.2) is 22.7 Å². The molecule has 0 saturated carbocycles. The molecular weight excluding hydrogens is 168 g/mol. The predicted octanol–water partition coefficient (Wildman–Crippen LogP) is 2.74. The van der Waals surface area contributed by atoms with Gasteiger partial charge in [0, 0.05) is 0 Å². The number of aliphatic imine (C=N–C) groups is 2. The van der Waals surface area contributed by atoms with Crippen LogP contribution in [0.25, 0.3) is 0 Å². The van der Waals surface area contributed by atoms with E-state index in [2.05, 4.69) is 23.8 Å². The zero-order valence-electron chi connectivity index (χ0n) is 7.95. The Hall–Kier alpha value is -0.310. The van der Waals surface area contributed by atoms with Crippen molar-refractivity contribution in [2.24, 2.45) is 9.98 Å². The molecule has 0 fully saturated rings. The van der Waals surface area contributed by atoms with E-state index in [1.807, 2.05) is 24.9 Å². The highest BCUT2D eigenvalue weighted by Crippen LogP contribution is 2.30. The molecule has 2 unspecified atom stereocenters. The lowest BCUT2D eigenvalue weighted by atomic mass is 10.2. The van der Waals surface area contributed by atoms with Crippen LogP contribution >= 0.6 is 11.8 Å². The highest BCUT2D eigenvalue weighted by Gasteiger charge is 2.26. The molecule has 2 atom stereocenters. The summed E-state index contributed by atoms with van der Waals surface area (Å²) < 4.78 is 0. The van der Waals surface area contributed by atoms with Crippen molar-refractivity contribution in [3.8, 4) is 0 Å². The summed E-state index contributed by atoms with van der Waals surface area (Å²) in [5.74, 6) is 0. The van der Waals surface area contributed by atoms with Crippen molar-refractivity contribution in [3.63, 3.8) is 0 Å². The van der Waals surface area contributed by atoms with Gasteiger partial charge < -0.3 is 0 Å². The Morgan fingerprint density at radius 3 is 2.83 bits per heavy atom. The average Bonchev–Trinajstić information content (AvgIpc) is 2.48. The molecule has 0 saturated heterocycles. The van der Waals surface area contributed by atoms with Crippen molar-refractivity contribution < 1.29 is 0 Å². The van der Waals surface area contributed by atoms with Crippen molar-refractivity contribution in [3.05, 3.63) is 0 Å². The van der Waals surface area contributed by atoms with Crippen molar-refractivity contribution in [1.82, 2.24) is 0 Å². The Kier molecular flexibility index (Phi) is 3.79. The lowest BCUT2D eigenvalue weighted by Crippen LogP contribution is -2.13. The van der Waals surface area contributed by atoms with Gasteiger partial charge in [0.15, 0.2) is 0 Å². The SMILES string of the molecule is CC=NC1SC(CC)=NC1CC. The van der Waals surface area contributed by atoms with Crippen LogP contribution in [0, 0.1) is 0 Å². The Morgan fingerprint density at radius 1 is 1.58 bits per heavy atom. The third kappa shape index (κ3) is 2.09. The first-order chi connectivity index (χ1) is 5.81. The molecule has 68 valence electrons. The van der Waals surface area contributed by atoms with Crippen LogP contribution in [0.15, 0.2) is 9.98 Å². The van der Waals surface area contributed by atoms with Gasteiger partial charge in [-0.1, -0.05) is 25.6 Å². The van der Waals surface area contributed by atoms with Gasteiger partial charge in [0.05, 0.1) is 11.1 Å². The quantitative estimate of drug-likeness (QED) is 0.619. The fourth-order valence-electron chi connectivity index (χ4n) is 1.24. The van der Waals surface area contributed by atoms with Crippen LogP contribution in [0.4, 0.5) is 0 Å². The second-order valence-corrected chi connectivity index (χ2v) is 3.96. The fourth-order valence-corrected chi connectivity index (χ4v) is 2.48. The number of nitrogens with zero attached hydrogens (tertiary/aromatic N) is 2. The number of rotatable bonds is 3. The molecule has 0 aliphatic carbocycles. The van der Waals surface area contributed by atoms with E-state index in [-0.39, 0.29) is 0 Å². The third-order valence-corrected chi connectivity index (χ3v) is 3.26. The number of thioether (sulfide) groups is 1. The first kappa shape index (κ1) is 9.78. The molecule has 0 spiro atoms. The van der Waals surface area contributed by atoms with E-state index in [1.165, 1.54) is 5.04 Å². The molecular formula is C9H16N2S. The highest BCUT2D eigenvalue weighted by atomic mass is 32.2. The van der Waals surface area contributed by atoms with E-state index >= 15 is 0 Å². The second kappa shape index (κ2) is 4.65. The minimum atomic E-state index is 0.356. The molecule has 3 heteroatoms. The summed E-state index contributed by atoms with van der Waals surface area (Å²) in [7, 11) is 0. The van der Waals surface area contributed by atoms with E-state index in [1.54, 1.807) is 0 Å². The van der Waals surface area contributed by atoms with Crippen LogP contribution < -0.4 is 0 Å². The fraction of sp³-hybridized carbons (Fsp3) is 0.778. The van der Waals surface area contributed by atoms with Crippen LogP contribution in [0.2, 0.25) is 0 Å². The van der Waals surface area contributed by atoms with Gasteiger partial charge in [-0.25, -0.2) is 0 Å². The van der Waals surface area contributed by atoms with Gasteiger partial charge in [-0.2, -0.15) is 0 Å². The summed E-state index contributed by atoms with van der Waals surface area (Å²) >= 11 is 1.82. The van der Waals surface area contributed by atoms with Gasteiger partial charge in [-0.05, 0) is 26.0 Å². The molecule has 0 radical (unpaired) electrons. The molecule has 0 aromatic rings. The smallest absolute Gasteiger partial charge is 0.123 e. The summed E-state index contributed by atoms with van der Waals surface area (Å²) in [5, 5.41) is 1.62. The van der Waals surface area contributed by atoms with Crippen LogP contribution in [0.3, 0.4) is 0 Å². The van der Waals surface area contributed by atoms with Gasteiger partial charge in [0.2, 0.25) is 0 Å². The maximum Gasteiger partial charge on any atom is 0.123 e. The highest BCUT2D eigenvalue weighted by molar-refractivity contribution is 8.14. The van der Waals surface area contributed by atoms with Crippen molar-refractivity contribution in [2.75, 3.05) is 0 Å². The molecule has 0 amide bonds. The Labute approximate surface area is 78.6 Å². The lowest BCUT2D eigenvalue weighted by molar-refractivity contribution is 0.644. The standard InChI is InChI=1S/C9H16N2S/c1-4-7-9(10-6-3)12-8(5-2)11-7/h6-7,9H,4-5H2,1-3H3. The maximum atomic E-state index is 4.59. The first-order valence-corrected chi connectivity index (χ1v) is 5.40. The molecule has 1 aliphatic heterocycles. The Morgan fingerprint density at radius 2 is 2.33 bits per heavy atom. The summed E-state index contributed by atoms with van der Waals surface area (Å²) in [5.41, 5.74) is 0. The van der Waals surface area contributed by atoms with E-state index in [0.29, 0.717) is 11.4 Å². The molecule has 0 aromatic carbocycles. The molecule has 1 aliphatic rings. The van der Waals surface area contributed by atoms with E-state index in [9.17, 15) is 0 Å². The largest absolute Gasteiger partial charge is 0.281 e. The van der Waals surface area contributed by atoms with Gasteiger partial charge >= 0.3 is 0 Å². The maximum absolute atomic E-state index is 4.59. The number of hydrogen-bond acceptors (Lipinski definition) is 3. The van der Waals surface area contributed by atoms with Crippen LogP contribution in [-0.2, 0) is 0 Å². The molecule has 2 nitrogen and oxygen atoms in total. The summed E-state index contributed by atoms with van der Waals surface area (Å²) in [6.45, 7) is 6.29. The zero-order chi connectivity index (χ0) is 8.97. The van der Waals surface area contributed by atoms with Gasteiger partial charge in [0.1, 0.15) is 5.37 Å². The summed E-state index contributed by atoms with van der Waals surface area (Å²) in [6, 6.07) is 0.418. The van der Waals surface area contributed by atoms with Gasteiger partial charge in [-0.15, -0.1) is 0 Å². The topological polar surface area (TPSA) is 24.7 Å². The minimum Gasteiger partial charge on any atom is -0.281 e. The molecule has 1 heterocycles. The number of hydrogen-bond donors (Lipinski definition) is 0. The van der Waals surface area contributed by atoms with E-state index in [4.69, 9.17) is 0 Å². The zero-order valence-corrected chi connectivity index (χ0v) is 8.77. The van der Waals surface area contributed by atoms with Crippen LogP contribution in [0.5, 0.6) is 0 Å².